The van der Waals surface area contributed by atoms with Crippen LogP contribution in [0.2, 0.25) is 5.02 Å². The third kappa shape index (κ3) is 5.35. The zero-order valence-corrected chi connectivity index (χ0v) is 21.3. The number of fused-ring (bicyclic) bond motifs is 1. The first kappa shape index (κ1) is 24.2. The SMILES string of the molecule is CNc1ccc(OCC(c2c3c(nn2-c2ccc(Cl)cc2)CCCCC3)C2CCCCC2)c(F)c1. The molecule has 0 spiro atoms. The average Bonchev–Trinajstić information content (AvgIpc) is 3.07. The Kier molecular flexibility index (Phi) is 7.62. The molecule has 2 aromatic carbocycles. The molecule has 0 bridgehead atoms. The molecule has 1 aromatic heterocycles. The summed E-state index contributed by atoms with van der Waals surface area (Å²) in [4.78, 5) is 0. The summed E-state index contributed by atoms with van der Waals surface area (Å²) in [5.74, 6) is 0.639. The monoisotopic (exact) mass is 495 g/mol. The van der Waals surface area contributed by atoms with E-state index in [9.17, 15) is 4.39 Å². The first-order valence-corrected chi connectivity index (χ1v) is 13.5. The van der Waals surface area contributed by atoms with Crippen LogP contribution in [0.1, 0.15) is 74.2 Å². The Hall–Kier alpha value is -2.53. The second-order valence-corrected chi connectivity index (χ2v) is 10.4. The van der Waals surface area contributed by atoms with E-state index in [0.29, 0.717) is 18.3 Å². The molecule has 0 amide bonds. The number of anilines is 1. The minimum atomic E-state index is -0.329. The van der Waals surface area contributed by atoms with E-state index in [4.69, 9.17) is 21.4 Å². The Morgan fingerprint density at radius 1 is 1.03 bits per heavy atom. The number of ether oxygens (including phenoxy) is 1. The Morgan fingerprint density at radius 3 is 2.51 bits per heavy atom. The fourth-order valence-electron chi connectivity index (χ4n) is 5.84. The van der Waals surface area contributed by atoms with Crippen LogP contribution in [0.3, 0.4) is 0 Å². The minimum absolute atomic E-state index is 0.156. The summed E-state index contributed by atoms with van der Waals surface area (Å²) in [6.07, 6.45) is 11.8. The van der Waals surface area contributed by atoms with Crippen molar-refractivity contribution in [3.05, 3.63) is 70.3 Å². The fourth-order valence-corrected chi connectivity index (χ4v) is 5.97. The Balaban J connectivity index is 1.55. The number of aryl methyl sites for hydroxylation is 1. The van der Waals surface area contributed by atoms with E-state index in [0.717, 1.165) is 29.2 Å². The number of benzene rings is 2. The first-order valence-electron chi connectivity index (χ1n) is 13.1. The van der Waals surface area contributed by atoms with Crippen molar-refractivity contribution in [3.8, 4) is 11.4 Å². The number of halogens is 2. The quantitative estimate of drug-likeness (QED) is 0.341. The summed E-state index contributed by atoms with van der Waals surface area (Å²) >= 11 is 6.21. The van der Waals surface area contributed by atoms with Crippen LogP contribution in [0.15, 0.2) is 42.5 Å². The van der Waals surface area contributed by atoms with Gasteiger partial charge in [0.25, 0.3) is 0 Å². The number of nitrogens with zero attached hydrogens (tertiary/aromatic N) is 2. The van der Waals surface area contributed by atoms with Gasteiger partial charge in [0.15, 0.2) is 11.6 Å². The summed E-state index contributed by atoms with van der Waals surface area (Å²) in [6, 6.07) is 13.0. The molecule has 0 aliphatic heterocycles. The van der Waals surface area contributed by atoms with Gasteiger partial charge in [-0.25, -0.2) is 9.07 Å². The number of hydrogen-bond acceptors (Lipinski definition) is 3. The molecular weight excluding hydrogens is 461 g/mol. The lowest BCUT2D eigenvalue weighted by Gasteiger charge is -2.31. The molecule has 1 heterocycles. The van der Waals surface area contributed by atoms with Crippen molar-refractivity contribution in [1.82, 2.24) is 9.78 Å². The van der Waals surface area contributed by atoms with Crippen molar-refractivity contribution in [1.29, 1.82) is 0 Å². The highest BCUT2D eigenvalue weighted by atomic mass is 35.5. The van der Waals surface area contributed by atoms with Gasteiger partial charge in [0.05, 0.1) is 23.7 Å². The predicted molar refractivity (Wildman–Crippen MR) is 141 cm³/mol. The lowest BCUT2D eigenvalue weighted by Crippen LogP contribution is -2.26. The average molecular weight is 496 g/mol. The standard InChI is InChI=1S/C29H35ClFN3O/c1-32-22-14-17-28(26(31)18-22)35-19-25(20-8-4-2-5-9-20)29-24-10-6-3-7-11-27(24)33-34(29)23-15-12-21(30)13-16-23/h12-18,20,25,32H,2-11,19H2,1H3. The molecule has 2 aliphatic carbocycles. The third-order valence-corrected chi connectivity index (χ3v) is 7.98. The van der Waals surface area contributed by atoms with Crippen LogP contribution in [0, 0.1) is 11.7 Å². The van der Waals surface area contributed by atoms with Crippen LogP contribution in [0.25, 0.3) is 5.69 Å². The van der Waals surface area contributed by atoms with E-state index in [1.807, 2.05) is 30.3 Å². The molecule has 5 rings (SSSR count). The molecule has 4 nitrogen and oxygen atoms in total. The third-order valence-electron chi connectivity index (χ3n) is 7.73. The smallest absolute Gasteiger partial charge is 0.167 e. The van der Waals surface area contributed by atoms with Gasteiger partial charge >= 0.3 is 0 Å². The Morgan fingerprint density at radius 2 is 1.77 bits per heavy atom. The second kappa shape index (κ2) is 11.0. The van der Waals surface area contributed by atoms with Crippen LogP contribution in [-0.2, 0) is 12.8 Å². The van der Waals surface area contributed by atoms with E-state index >= 15 is 0 Å². The van der Waals surface area contributed by atoms with Gasteiger partial charge in [-0.15, -0.1) is 0 Å². The lowest BCUT2D eigenvalue weighted by molar-refractivity contribution is 0.201. The second-order valence-electron chi connectivity index (χ2n) is 9.97. The van der Waals surface area contributed by atoms with Gasteiger partial charge in [0.1, 0.15) is 0 Å². The van der Waals surface area contributed by atoms with Gasteiger partial charge < -0.3 is 10.1 Å². The number of rotatable bonds is 7. The summed E-state index contributed by atoms with van der Waals surface area (Å²) in [5.41, 5.74) is 5.65. The zero-order chi connectivity index (χ0) is 24.2. The van der Waals surface area contributed by atoms with Gasteiger partial charge in [-0.05, 0) is 86.4 Å². The zero-order valence-electron chi connectivity index (χ0n) is 20.5. The van der Waals surface area contributed by atoms with Crippen molar-refractivity contribution in [2.24, 2.45) is 5.92 Å². The molecule has 35 heavy (non-hydrogen) atoms. The topological polar surface area (TPSA) is 39.1 Å². The van der Waals surface area contributed by atoms with E-state index < -0.39 is 0 Å². The normalized spacial score (nSPS) is 17.5. The summed E-state index contributed by atoms with van der Waals surface area (Å²) in [7, 11) is 1.79. The van der Waals surface area contributed by atoms with Crippen molar-refractivity contribution >= 4 is 17.3 Å². The Labute approximate surface area is 212 Å². The molecule has 186 valence electrons. The summed E-state index contributed by atoms with van der Waals surface area (Å²) in [5, 5.41) is 8.86. The molecule has 1 unspecified atom stereocenters. The first-order chi connectivity index (χ1) is 17.1. The van der Waals surface area contributed by atoms with Crippen LogP contribution in [-0.4, -0.2) is 23.4 Å². The summed E-state index contributed by atoms with van der Waals surface area (Å²) < 4.78 is 23.2. The lowest BCUT2D eigenvalue weighted by atomic mass is 9.77. The van der Waals surface area contributed by atoms with Gasteiger partial charge in [-0.1, -0.05) is 37.3 Å². The minimum Gasteiger partial charge on any atom is -0.490 e. The van der Waals surface area contributed by atoms with Gasteiger partial charge in [0, 0.05) is 29.7 Å². The molecule has 3 aromatic rings. The molecule has 6 heteroatoms. The van der Waals surface area contributed by atoms with Gasteiger partial charge in [-0.3, -0.25) is 0 Å². The van der Waals surface area contributed by atoms with Gasteiger partial charge in [0.2, 0.25) is 0 Å². The Bertz CT molecular complexity index is 1140. The molecule has 1 saturated carbocycles. The van der Waals surface area contributed by atoms with Crippen molar-refractivity contribution in [3.63, 3.8) is 0 Å². The van der Waals surface area contributed by atoms with Crippen LogP contribution >= 0.6 is 11.6 Å². The van der Waals surface area contributed by atoms with E-state index in [1.54, 1.807) is 13.1 Å². The van der Waals surface area contributed by atoms with Crippen LogP contribution in [0.5, 0.6) is 5.75 Å². The molecule has 1 N–H and O–H groups in total. The van der Waals surface area contributed by atoms with E-state index in [1.165, 1.54) is 74.4 Å². The molecule has 1 fully saturated rings. The summed E-state index contributed by atoms with van der Waals surface area (Å²) in [6.45, 7) is 0.451. The van der Waals surface area contributed by atoms with Crippen LogP contribution < -0.4 is 10.1 Å². The van der Waals surface area contributed by atoms with E-state index in [2.05, 4.69) is 10.00 Å². The maximum atomic E-state index is 14.8. The largest absolute Gasteiger partial charge is 0.490 e. The number of aromatic nitrogens is 2. The molecular formula is C29H35ClFN3O. The van der Waals surface area contributed by atoms with Crippen molar-refractivity contribution in [2.75, 3.05) is 19.0 Å². The number of hydrogen-bond donors (Lipinski definition) is 1. The highest BCUT2D eigenvalue weighted by Crippen LogP contribution is 2.41. The van der Waals surface area contributed by atoms with Crippen molar-refractivity contribution < 1.29 is 9.13 Å². The maximum Gasteiger partial charge on any atom is 0.167 e. The fraction of sp³-hybridized carbons (Fsp3) is 0.483. The predicted octanol–water partition coefficient (Wildman–Crippen LogP) is 7.72. The number of nitrogens with one attached hydrogen (secondary N) is 1. The molecule has 1 atom stereocenters. The molecule has 0 saturated heterocycles. The highest BCUT2D eigenvalue weighted by Gasteiger charge is 2.33. The molecule has 0 radical (unpaired) electrons. The highest BCUT2D eigenvalue weighted by molar-refractivity contribution is 6.30. The van der Waals surface area contributed by atoms with Gasteiger partial charge in [-0.2, -0.15) is 5.10 Å². The van der Waals surface area contributed by atoms with E-state index in [-0.39, 0.29) is 11.7 Å². The van der Waals surface area contributed by atoms with Crippen LogP contribution in [0.4, 0.5) is 10.1 Å². The van der Waals surface area contributed by atoms with Crippen molar-refractivity contribution in [2.45, 2.75) is 70.1 Å². The molecule has 2 aliphatic rings. The maximum absolute atomic E-state index is 14.8.